The largest absolute Gasteiger partial charge is 0.304 e. The number of nitrogens with zero attached hydrogens (tertiary/aromatic N) is 2. The monoisotopic (exact) mass is 418 g/mol. The number of halogens is 1. The summed E-state index contributed by atoms with van der Waals surface area (Å²) in [7, 11) is 0. The zero-order valence-corrected chi connectivity index (χ0v) is 16.9. The van der Waals surface area contributed by atoms with E-state index in [0.29, 0.717) is 24.4 Å². The second kappa shape index (κ2) is 7.29. The van der Waals surface area contributed by atoms with E-state index in [1.54, 1.807) is 21.9 Å². The maximum absolute atomic E-state index is 14.0. The molecule has 1 fully saturated rings. The van der Waals surface area contributed by atoms with E-state index in [9.17, 15) is 14.0 Å². The highest BCUT2D eigenvalue weighted by molar-refractivity contribution is 8.01. The summed E-state index contributed by atoms with van der Waals surface area (Å²) in [6.45, 7) is 0.315. The molecule has 0 aromatic heterocycles. The Kier molecular flexibility index (Phi) is 4.59. The molecule has 30 heavy (non-hydrogen) atoms. The Morgan fingerprint density at radius 3 is 2.37 bits per heavy atom. The highest BCUT2D eigenvalue weighted by Gasteiger charge is 2.58. The van der Waals surface area contributed by atoms with E-state index in [1.807, 2.05) is 54.6 Å². The molecule has 2 heterocycles. The minimum absolute atomic E-state index is 0.0632. The van der Waals surface area contributed by atoms with Crippen LogP contribution in [-0.4, -0.2) is 17.6 Å². The summed E-state index contributed by atoms with van der Waals surface area (Å²) in [5.41, 5.74) is 3.14. The standard InChI is InChI=1S/C24H19FN2O2S/c25-18-12-10-17(11-13-18)16-26-21-9-5-4-8-20(21)24(23(26)29)27(22(28)14-15-30-24)19-6-2-1-3-7-19/h1-13H,14-16H2/t24-/m1/s1. The fourth-order valence-corrected chi connectivity index (χ4v) is 5.70. The zero-order valence-electron chi connectivity index (χ0n) is 16.1. The van der Waals surface area contributed by atoms with E-state index in [4.69, 9.17) is 0 Å². The second-order valence-corrected chi connectivity index (χ2v) is 8.63. The Morgan fingerprint density at radius 1 is 0.900 bits per heavy atom. The van der Waals surface area contributed by atoms with Crippen LogP contribution in [-0.2, 0) is 21.0 Å². The van der Waals surface area contributed by atoms with Crippen molar-refractivity contribution in [2.24, 2.45) is 0 Å². The lowest BCUT2D eigenvalue weighted by Gasteiger charge is -2.42. The summed E-state index contributed by atoms with van der Waals surface area (Å²) in [4.78, 5) is 29.3. The van der Waals surface area contributed by atoms with Crippen molar-refractivity contribution in [3.05, 3.63) is 95.8 Å². The van der Waals surface area contributed by atoms with Gasteiger partial charge in [-0.05, 0) is 35.9 Å². The topological polar surface area (TPSA) is 40.6 Å². The predicted molar refractivity (Wildman–Crippen MR) is 117 cm³/mol. The summed E-state index contributed by atoms with van der Waals surface area (Å²) >= 11 is 1.50. The van der Waals surface area contributed by atoms with Gasteiger partial charge in [0, 0.05) is 23.4 Å². The molecule has 3 aromatic rings. The fraction of sp³-hybridized carbons (Fsp3) is 0.167. The molecule has 1 atom stereocenters. The number of amides is 2. The van der Waals surface area contributed by atoms with Gasteiger partial charge in [0.25, 0.3) is 5.91 Å². The van der Waals surface area contributed by atoms with Gasteiger partial charge in [0.2, 0.25) is 10.8 Å². The molecular weight excluding hydrogens is 399 g/mol. The maximum atomic E-state index is 14.0. The van der Waals surface area contributed by atoms with Crippen LogP contribution < -0.4 is 9.80 Å². The van der Waals surface area contributed by atoms with E-state index in [-0.39, 0.29) is 17.6 Å². The Bertz CT molecular complexity index is 1120. The molecule has 1 saturated heterocycles. The molecule has 5 rings (SSSR count). The normalized spacial score (nSPS) is 20.7. The van der Waals surface area contributed by atoms with Crippen LogP contribution in [0.4, 0.5) is 15.8 Å². The van der Waals surface area contributed by atoms with Crippen LogP contribution in [0.5, 0.6) is 0 Å². The van der Waals surface area contributed by atoms with Gasteiger partial charge in [0.15, 0.2) is 0 Å². The minimum Gasteiger partial charge on any atom is -0.304 e. The first-order valence-electron chi connectivity index (χ1n) is 9.79. The van der Waals surface area contributed by atoms with E-state index in [2.05, 4.69) is 0 Å². The summed E-state index contributed by atoms with van der Waals surface area (Å²) in [6.07, 6.45) is 0.384. The highest BCUT2D eigenvalue weighted by Crippen LogP contribution is 2.54. The van der Waals surface area contributed by atoms with Crippen LogP contribution >= 0.6 is 11.8 Å². The highest BCUT2D eigenvalue weighted by atomic mass is 32.2. The number of para-hydroxylation sites is 2. The SMILES string of the molecule is O=C1CCS[C@]2(C(=O)N(Cc3ccc(F)cc3)c3ccccc32)N1c1ccccc1. The molecule has 3 aromatic carbocycles. The van der Waals surface area contributed by atoms with Crippen molar-refractivity contribution in [3.8, 4) is 0 Å². The molecule has 2 aliphatic rings. The van der Waals surface area contributed by atoms with E-state index in [1.165, 1.54) is 23.9 Å². The first-order valence-corrected chi connectivity index (χ1v) is 10.8. The van der Waals surface area contributed by atoms with Crippen LogP contribution in [0, 0.1) is 5.82 Å². The van der Waals surface area contributed by atoms with Gasteiger partial charge in [-0.25, -0.2) is 4.39 Å². The number of benzene rings is 3. The molecule has 6 heteroatoms. The molecule has 0 aliphatic carbocycles. The number of fused-ring (bicyclic) bond motifs is 2. The second-order valence-electron chi connectivity index (χ2n) is 7.34. The number of carbonyl (C=O) groups excluding carboxylic acids is 2. The molecule has 0 saturated carbocycles. The number of hydrogen-bond acceptors (Lipinski definition) is 3. The molecular formula is C24H19FN2O2S. The molecule has 1 spiro atoms. The summed E-state index contributed by atoms with van der Waals surface area (Å²) in [5, 5.41) is 0. The Labute approximate surface area is 178 Å². The van der Waals surface area contributed by atoms with Crippen LogP contribution in [0.15, 0.2) is 78.9 Å². The first kappa shape index (κ1) is 18.9. The van der Waals surface area contributed by atoms with Gasteiger partial charge in [0.1, 0.15) is 5.82 Å². The lowest BCUT2D eigenvalue weighted by molar-refractivity contribution is -0.125. The number of rotatable bonds is 3. The quantitative estimate of drug-likeness (QED) is 0.619. The van der Waals surface area contributed by atoms with Gasteiger partial charge in [0.05, 0.1) is 12.2 Å². The van der Waals surface area contributed by atoms with Gasteiger partial charge in [-0.15, -0.1) is 11.8 Å². The number of thioether (sulfide) groups is 1. The van der Waals surface area contributed by atoms with Crippen molar-refractivity contribution in [1.29, 1.82) is 0 Å². The molecule has 0 N–H and O–H groups in total. The average molecular weight is 418 g/mol. The Morgan fingerprint density at radius 2 is 1.60 bits per heavy atom. The third-order valence-electron chi connectivity index (χ3n) is 5.55. The number of carbonyl (C=O) groups is 2. The molecule has 2 amide bonds. The van der Waals surface area contributed by atoms with Crippen molar-refractivity contribution in [1.82, 2.24) is 0 Å². The summed E-state index contributed by atoms with van der Waals surface area (Å²) in [6, 6.07) is 23.2. The third kappa shape index (κ3) is 2.82. The Balaban J connectivity index is 1.65. The predicted octanol–water partition coefficient (Wildman–Crippen LogP) is 4.70. The van der Waals surface area contributed by atoms with Crippen molar-refractivity contribution in [2.75, 3.05) is 15.6 Å². The third-order valence-corrected chi connectivity index (χ3v) is 6.96. The van der Waals surface area contributed by atoms with Gasteiger partial charge >= 0.3 is 0 Å². The van der Waals surface area contributed by atoms with Crippen molar-refractivity contribution >= 4 is 35.0 Å². The fourth-order valence-electron chi connectivity index (χ4n) is 4.23. The van der Waals surface area contributed by atoms with E-state index in [0.717, 1.165) is 16.8 Å². The van der Waals surface area contributed by atoms with E-state index >= 15 is 0 Å². The molecule has 2 aliphatic heterocycles. The van der Waals surface area contributed by atoms with Crippen molar-refractivity contribution < 1.29 is 14.0 Å². The molecule has 4 nitrogen and oxygen atoms in total. The van der Waals surface area contributed by atoms with Crippen LogP contribution in [0.2, 0.25) is 0 Å². The summed E-state index contributed by atoms with van der Waals surface area (Å²) in [5.74, 6) is 0.0563. The first-order chi connectivity index (χ1) is 14.6. The lowest BCUT2D eigenvalue weighted by atomic mass is 10.0. The minimum atomic E-state index is -1.13. The summed E-state index contributed by atoms with van der Waals surface area (Å²) < 4.78 is 13.4. The van der Waals surface area contributed by atoms with Crippen LogP contribution in [0.25, 0.3) is 0 Å². The van der Waals surface area contributed by atoms with E-state index < -0.39 is 4.87 Å². The smallest absolute Gasteiger partial charge is 0.269 e. The molecule has 0 bridgehead atoms. The van der Waals surface area contributed by atoms with Crippen LogP contribution in [0.1, 0.15) is 17.5 Å². The number of anilines is 2. The Hall–Kier alpha value is -3.12. The van der Waals surface area contributed by atoms with Gasteiger partial charge in [-0.2, -0.15) is 0 Å². The maximum Gasteiger partial charge on any atom is 0.269 e. The van der Waals surface area contributed by atoms with Gasteiger partial charge in [-0.3, -0.25) is 14.5 Å². The molecule has 0 unspecified atom stereocenters. The van der Waals surface area contributed by atoms with Gasteiger partial charge in [-0.1, -0.05) is 48.5 Å². The molecule has 150 valence electrons. The van der Waals surface area contributed by atoms with Crippen LogP contribution in [0.3, 0.4) is 0 Å². The molecule has 0 radical (unpaired) electrons. The lowest BCUT2D eigenvalue weighted by Crippen LogP contribution is -2.56. The van der Waals surface area contributed by atoms with Crippen molar-refractivity contribution in [3.63, 3.8) is 0 Å². The number of hydrogen-bond donors (Lipinski definition) is 0. The average Bonchev–Trinajstić information content (AvgIpc) is 2.99. The van der Waals surface area contributed by atoms with Gasteiger partial charge < -0.3 is 4.90 Å². The van der Waals surface area contributed by atoms with Crippen molar-refractivity contribution in [2.45, 2.75) is 17.8 Å². The zero-order chi connectivity index (χ0) is 20.7.